The van der Waals surface area contributed by atoms with E-state index in [9.17, 15) is 0 Å². The van der Waals surface area contributed by atoms with Crippen LogP contribution in [0.15, 0.2) is 22.7 Å². The standard InChI is InChI=1S/C14H21N3O/c1-5-11-10(9-17(4)16-11)13-7-8-14(18-13)12(6-2)15-3/h7-9,12,15H,5-6H2,1-4H3. The Labute approximate surface area is 108 Å². The number of rotatable bonds is 5. The van der Waals surface area contributed by atoms with Crippen molar-refractivity contribution < 1.29 is 4.42 Å². The van der Waals surface area contributed by atoms with Crippen molar-refractivity contribution in [3.05, 3.63) is 29.8 Å². The summed E-state index contributed by atoms with van der Waals surface area (Å²) in [6.45, 7) is 4.25. The van der Waals surface area contributed by atoms with E-state index in [0.29, 0.717) is 0 Å². The monoisotopic (exact) mass is 247 g/mol. The van der Waals surface area contributed by atoms with Gasteiger partial charge in [0.2, 0.25) is 0 Å². The first-order valence-electron chi connectivity index (χ1n) is 6.49. The maximum absolute atomic E-state index is 5.95. The third-order valence-electron chi connectivity index (χ3n) is 3.23. The highest BCUT2D eigenvalue weighted by atomic mass is 16.3. The number of furan rings is 1. The smallest absolute Gasteiger partial charge is 0.137 e. The number of nitrogens with one attached hydrogen (secondary N) is 1. The molecule has 0 saturated carbocycles. The van der Waals surface area contributed by atoms with Crippen LogP contribution in [0.1, 0.15) is 37.8 Å². The van der Waals surface area contributed by atoms with Gasteiger partial charge in [0.15, 0.2) is 0 Å². The third-order valence-corrected chi connectivity index (χ3v) is 3.23. The van der Waals surface area contributed by atoms with Crippen LogP contribution in [0.5, 0.6) is 0 Å². The van der Waals surface area contributed by atoms with Crippen LogP contribution in [0.2, 0.25) is 0 Å². The first-order valence-corrected chi connectivity index (χ1v) is 6.49. The number of aromatic nitrogens is 2. The van der Waals surface area contributed by atoms with Gasteiger partial charge in [0, 0.05) is 13.2 Å². The van der Waals surface area contributed by atoms with Gasteiger partial charge in [0.25, 0.3) is 0 Å². The van der Waals surface area contributed by atoms with E-state index in [1.165, 1.54) is 0 Å². The highest BCUT2D eigenvalue weighted by molar-refractivity contribution is 5.59. The predicted molar refractivity (Wildman–Crippen MR) is 72.4 cm³/mol. The molecule has 0 aromatic carbocycles. The van der Waals surface area contributed by atoms with Gasteiger partial charge in [-0.1, -0.05) is 13.8 Å². The molecule has 0 aliphatic heterocycles. The summed E-state index contributed by atoms with van der Waals surface area (Å²) in [7, 11) is 3.90. The number of aryl methyl sites for hydroxylation is 2. The zero-order valence-corrected chi connectivity index (χ0v) is 11.5. The van der Waals surface area contributed by atoms with Crippen molar-refractivity contribution in [2.45, 2.75) is 32.7 Å². The summed E-state index contributed by atoms with van der Waals surface area (Å²) in [6, 6.07) is 4.36. The molecule has 4 nitrogen and oxygen atoms in total. The van der Waals surface area contributed by atoms with Crippen molar-refractivity contribution in [1.29, 1.82) is 0 Å². The molecule has 2 rings (SSSR count). The Kier molecular flexibility index (Phi) is 3.87. The highest BCUT2D eigenvalue weighted by Crippen LogP contribution is 2.28. The van der Waals surface area contributed by atoms with Crippen molar-refractivity contribution >= 4 is 0 Å². The summed E-state index contributed by atoms with van der Waals surface area (Å²) in [4.78, 5) is 0. The van der Waals surface area contributed by atoms with Crippen LogP contribution in [-0.4, -0.2) is 16.8 Å². The number of hydrogen-bond acceptors (Lipinski definition) is 3. The van der Waals surface area contributed by atoms with E-state index in [0.717, 1.165) is 35.6 Å². The van der Waals surface area contributed by atoms with Gasteiger partial charge in [-0.05, 0) is 32.0 Å². The molecule has 0 radical (unpaired) electrons. The molecule has 0 aliphatic rings. The van der Waals surface area contributed by atoms with Crippen LogP contribution in [0.3, 0.4) is 0 Å². The fourth-order valence-corrected chi connectivity index (χ4v) is 2.23. The molecule has 0 aliphatic carbocycles. The summed E-state index contributed by atoms with van der Waals surface area (Å²) in [5.41, 5.74) is 2.17. The Balaban J connectivity index is 2.34. The van der Waals surface area contributed by atoms with Crippen LogP contribution in [0.25, 0.3) is 11.3 Å². The lowest BCUT2D eigenvalue weighted by atomic mass is 10.1. The number of hydrogen-bond donors (Lipinski definition) is 1. The molecule has 0 spiro atoms. The lowest BCUT2D eigenvalue weighted by Crippen LogP contribution is -2.14. The molecule has 0 fully saturated rings. The zero-order valence-electron chi connectivity index (χ0n) is 11.5. The van der Waals surface area contributed by atoms with Crippen LogP contribution in [0.4, 0.5) is 0 Å². The molecule has 18 heavy (non-hydrogen) atoms. The van der Waals surface area contributed by atoms with Crippen LogP contribution < -0.4 is 5.32 Å². The van der Waals surface area contributed by atoms with Crippen molar-refractivity contribution in [3.63, 3.8) is 0 Å². The molecule has 2 aromatic heterocycles. The van der Waals surface area contributed by atoms with Gasteiger partial charge >= 0.3 is 0 Å². The second-order valence-electron chi connectivity index (χ2n) is 4.47. The maximum atomic E-state index is 5.95. The van der Waals surface area contributed by atoms with Crippen LogP contribution >= 0.6 is 0 Å². The predicted octanol–water partition coefficient (Wildman–Crippen LogP) is 2.91. The largest absolute Gasteiger partial charge is 0.459 e. The van der Waals surface area contributed by atoms with Gasteiger partial charge in [-0.15, -0.1) is 0 Å². The minimum Gasteiger partial charge on any atom is -0.459 e. The molecular formula is C14H21N3O. The van der Waals surface area contributed by atoms with E-state index in [-0.39, 0.29) is 6.04 Å². The molecular weight excluding hydrogens is 226 g/mol. The number of nitrogens with zero attached hydrogens (tertiary/aromatic N) is 2. The Morgan fingerprint density at radius 3 is 2.78 bits per heavy atom. The van der Waals surface area contributed by atoms with E-state index < -0.39 is 0 Å². The molecule has 2 heterocycles. The van der Waals surface area contributed by atoms with Gasteiger partial charge < -0.3 is 9.73 Å². The van der Waals surface area contributed by atoms with E-state index in [1.807, 2.05) is 37.1 Å². The average Bonchev–Trinajstić information content (AvgIpc) is 2.97. The van der Waals surface area contributed by atoms with Gasteiger partial charge in [-0.3, -0.25) is 4.68 Å². The summed E-state index contributed by atoms with van der Waals surface area (Å²) < 4.78 is 7.79. The summed E-state index contributed by atoms with van der Waals surface area (Å²) in [5.74, 6) is 1.89. The SMILES string of the molecule is CCc1nn(C)cc1-c1ccc(C(CC)NC)o1. The van der Waals surface area contributed by atoms with E-state index in [1.54, 1.807) is 0 Å². The topological polar surface area (TPSA) is 43.0 Å². The Morgan fingerprint density at radius 2 is 2.17 bits per heavy atom. The van der Waals surface area contributed by atoms with Gasteiger partial charge in [-0.2, -0.15) is 5.10 Å². The molecule has 4 heteroatoms. The van der Waals surface area contributed by atoms with Gasteiger partial charge in [0.05, 0.1) is 17.3 Å². The van der Waals surface area contributed by atoms with Gasteiger partial charge in [-0.25, -0.2) is 0 Å². The Bertz CT molecular complexity index is 509. The lowest BCUT2D eigenvalue weighted by Gasteiger charge is -2.09. The first-order chi connectivity index (χ1) is 8.69. The summed E-state index contributed by atoms with van der Waals surface area (Å²) in [6.07, 6.45) is 3.94. The normalized spacial score (nSPS) is 12.9. The molecule has 98 valence electrons. The van der Waals surface area contributed by atoms with Gasteiger partial charge in [0.1, 0.15) is 11.5 Å². The zero-order chi connectivity index (χ0) is 13.1. The third kappa shape index (κ3) is 2.34. The van der Waals surface area contributed by atoms with Crippen molar-refractivity contribution in [2.24, 2.45) is 7.05 Å². The van der Waals surface area contributed by atoms with Crippen molar-refractivity contribution in [3.8, 4) is 11.3 Å². The molecule has 1 atom stereocenters. The molecule has 1 unspecified atom stereocenters. The van der Waals surface area contributed by atoms with Crippen LogP contribution in [-0.2, 0) is 13.5 Å². The van der Waals surface area contributed by atoms with Crippen molar-refractivity contribution in [1.82, 2.24) is 15.1 Å². The minimum atomic E-state index is 0.278. The molecule has 0 bridgehead atoms. The Hall–Kier alpha value is -1.55. The van der Waals surface area contributed by atoms with Crippen molar-refractivity contribution in [2.75, 3.05) is 7.05 Å². The molecule has 1 N–H and O–H groups in total. The van der Waals surface area contributed by atoms with Crippen LogP contribution in [0, 0.1) is 0 Å². The molecule has 2 aromatic rings. The first kappa shape index (κ1) is 12.9. The Morgan fingerprint density at radius 1 is 1.39 bits per heavy atom. The fourth-order valence-electron chi connectivity index (χ4n) is 2.23. The minimum absolute atomic E-state index is 0.278. The highest BCUT2D eigenvalue weighted by Gasteiger charge is 2.15. The second-order valence-corrected chi connectivity index (χ2v) is 4.47. The van der Waals surface area contributed by atoms with E-state index >= 15 is 0 Å². The lowest BCUT2D eigenvalue weighted by molar-refractivity contribution is 0.431. The summed E-state index contributed by atoms with van der Waals surface area (Å²) in [5, 5.41) is 7.69. The maximum Gasteiger partial charge on any atom is 0.137 e. The fraction of sp³-hybridized carbons (Fsp3) is 0.500. The van der Waals surface area contributed by atoms with E-state index in [2.05, 4.69) is 24.3 Å². The summed E-state index contributed by atoms with van der Waals surface area (Å²) >= 11 is 0. The molecule has 0 saturated heterocycles. The second kappa shape index (κ2) is 5.40. The quantitative estimate of drug-likeness (QED) is 0.883. The molecule has 0 amide bonds. The van der Waals surface area contributed by atoms with E-state index in [4.69, 9.17) is 4.42 Å². The average molecular weight is 247 g/mol.